The van der Waals surface area contributed by atoms with E-state index in [1.165, 1.54) is 6.92 Å². The molecule has 1 rings (SSSR count). The van der Waals surface area contributed by atoms with E-state index in [9.17, 15) is 14.6 Å². The van der Waals surface area contributed by atoms with Crippen molar-refractivity contribution < 1.29 is 24.4 Å². The quantitative estimate of drug-likeness (QED) is 0.356. The van der Waals surface area contributed by atoms with Gasteiger partial charge in [0.25, 0.3) is 0 Å². The molecule has 14 heavy (non-hydrogen) atoms. The SMILES string of the molecule is CC(=O)N(O)[C@@H]1CC[C@H](P(=O)(O)O)C1. The summed E-state index contributed by atoms with van der Waals surface area (Å²) in [7, 11) is -4.07. The Labute approximate surface area is 81.6 Å². The van der Waals surface area contributed by atoms with Crippen LogP contribution in [-0.4, -0.2) is 37.7 Å². The molecule has 0 heterocycles. The van der Waals surface area contributed by atoms with Crippen molar-refractivity contribution in [1.82, 2.24) is 5.06 Å². The second-order valence-electron chi connectivity index (χ2n) is 3.57. The Morgan fingerprint density at radius 1 is 1.43 bits per heavy atom. The highest BCUT2D eigenvalue weighted by atomic mass is 31.2. The van der Waals surface area contributed by atoms with Crippen molar-refractivity contribution >= 4 is 13.5 Å². The van der Waals surface area contributed by atoms with Crippen LogP contribution >= 0.6 is 7.60 Å². The predicted molar refractivity (Wildman–Crippen MR) is 47.8 cm³/mol. The maximum absolute atomic E-state index is 10.9. The van der Waals surface area contributed by atoms with Gasteiger partial charge in [0, 0.05) is 6.92 Å². The van der Waals surface area contributed by atoms with Crippen molar-refractivity contribution in [3.8, 4) is 0 Å². The highest BCUT2D eigenvalue weighted by Gasteiger charge is 2.39. The summed E-state index contributed by atoms with van der Waals surface area (Å²) in [6.45, 7) is 1.21. The predicted octanol–water partition coefficient (Wildman–Crippen LogP) is 0.323. The summed E-state index contributed by atoms with van der Waals surface area (Å²) in [6, 6.07) is -0.454. The molecule has 0 radical (unpaired) electrons. The smallest absolute Gasteiger partial charge is 0.324 e. The van der Waals surface area contributed by atoms with Crippen LogP contribution in [0.15, 0.2) is 0 Å². The zero-order valence-corrected chi connectivity index (χ0v) is 8.72. The molecule has 82 valence electrons. The zero-order chi connectivity index (χ0) is 10.9. The van der Waals surface area contributed by atoms with E-state index in [1.807, 2.05) is 0 Å². The first-order valence-corrected chi connectivity index (χ1v) is 6.04. The first-order chi connectivity index (χ1) is 6.32. The first kappa shape index (κ1) is 11.7. The lowest BCUT2D eigenvalue weighted by Gasteiger charge is -2.20. The lowest BCUT2D eigenvalue weighted by atomic mass is 10.2. The molecule has 0 unspecified atom stereocenters. The lowest BCUT2D eigenvalue weighted by Crippen LogP contribution is -2.34. The van der Waals surface area contributed by atoms with Gasteiger partial charge in [-0.2, -0.15) is 0 Å². The van der Waals surface area contributed by atoms with Crippen LogP contribution in [0.2, 0.25) is 0 Å². The molecule has 0 aromatic rings. The summed E-state index contributed by atoms with van der Waals surface area (Å²) in [6.07, 6.45) is 0.950. The van der Waals surface area contributed by atoms with Gasteiger partial charge < -0.3 is 9.79 Å². The Morgan fingerprint density at radius 2 is 2.00 bits per heavy atom. The molecule has 0 bridgehead atoms. The molecule has 1 amide bonds. The topological polar surface area (TPSA) is 98.1 Å². The van der Waals surface area contributed by atoms with Gasteiger partial charge >= 0.3 is 7.60 Å². The lowest BCUT2D eigenvalue weighted by molar-refractivity contribution is -0.172. The number of hydrogen-bond donors (Lipinski definition) is 3. The van der Waals surface area contributed by atoms with Crippen LogP contribution in [0.4, 0.5) is 0 Å². The molecule has 2 atom stereocenters. The van der Waals surface area contributed by atoms with Crippen molar-refractivity contribution in [2.75, 3.05) is 0 Å². The fraction of sp³-hybridized carbons (Fsp3) is 0.857. The normalized spacial score (nSPS) is 27.7. The summed E-state index contributed by atoms with van der Waals surface area (Å²) in [5, 5.41) is 9.81. The summed E-state index contributed by atoms with van der Waals surface area (Å²) >= 11 is 0. The Bertz CT molecular complexity index is 275. The third-order valence-electron chi connectivity index (χ3n) is 2.52. The molecule has 0 aliphatic heterocycles. The second kappa shape index (κ2) is 3.98. The van der Waals surface area contributed by atoms with Gasteiger partial charge in [-0.3, -0.25) is 14.6 Å². The summed E-state index contributed by atoms with van der Waals surface area (Å²) in [5.41, 5.74) is -0.721. The number of nitrogens with zero attached hydrogens (tertiary/aromatic N) is 1. The Balaban J connectivity index is 2.58. The van der Waals surface area contributed by atoms with Gasteiger partial charge in [0.05, 0.1) is 11.7 Å². The van der Waals surface area contributed by atoms with Crippen LogP contribution in [0.5, 0.6) is 0 Å². The molecule has 1 aliphatic rings. The minimum Gasteiger partial charge on any atom is -0.324 e. The number of hydrogen-bond acceptors (Lipinski definition) is 3. The highest BCUT2D eigenvalue weighted by molar-refractivity contribution is 7.52. The summed E-state index contributed by atoms with van der Waals surface area (Å²) in [4.78, 5) is 28.5. The molecule has 3 N–H and O–H groups in total. The number of carbonyl (C=O) groups excluding carboxylic acids is 1. The van der Waals surface area contributed by atoms with E-state index in [-0.39, 0.29) is 6.42 Å². The van der Waals surface area contributed by atoms with Gasteiger partial charge in [-0.15, -0.1) is 0 Å². The van der Waals surface area contributed by atoms with Crippen LogP contribution in [-0.2, 0) is 9.36 Å². The molecule has 0 spiro atoms. The number of carbonyl (C=O) groups is 1. The number of rotatable bonds is 2. The molecule has 1 fully saturated rings. The van der Waals surface area contributed by atoms with E-state index in [0.717, 1.165) is 0 Å². The van der Waals surface area contributed by atoms with Crippen LogP contribution < -0.4 is 0 Å². The van der Waals surface area contributed by atoms with E-state index in [0.29, 0.717) is 17.9 Å². The molecular formula is C7H14NO5P. The van der Waals surface area contributed by atoms with Crippen LogP contribution in [0.25, 0.3) is 0 Å². The van der Waals surface area contributed by atoms with Gasteiger partial charge in [0.15, 0.2) is 0 Å². The molecule has 0 saturated heterocycles. The van der Waals surface area contributed by atoms with E-state index in [4.69, 9.17) is 9.79 Å². The third-order valence-corrected chi connectivity index (χ3v) is 3.94. The van der Waals surface area contributed by atoms with Crippen LogP contribution in [0, 0.1) is 0 Å². The van der Waals surface area contributed by atoms with Gasteiger partial charge in [0.1, 0.15) is 0 Å². The van der Waals surface area contributed by atoms with E-state index >= 15 is 0 Å². The third kappa shape index (κ3) is 2.54. The fourth-order valence-electron chi connectivity index (χ4n) is 1.72. The van der Waals surface area contributed by atoms with Gasteiger partial charge in [0.2, 0.25) is 5.91 Å². The van der Waals surface area contributed by atoms with Gasteiger partial charge in [-0.1, -0.05) is 0 Å². The second-order valence-corrected chi connectivity index (χ2v) is 5.48. The maximum Gasteiger partial charge on any atom is 0.328 e. The maximum atomic E-state index is 10.9. The van der Waals surface area contributed by atoms with Crippen molar-refractivity contribution in [3.05, 3.63) is 0 Å². The van der Waals surface area contributed by atoms with E-state index in [1.54, 1.807) is 0 Å². The van der Waals surface area contributed by atoms with Crippen LogP contribution in [0.3, 0.4) is 0 Å². The molecule has 0 aromatic carbocycles. The fourth-order valence-corrected chi connectivity index (χ4v) is 2.72. The summed E-state index contributed by atoms with van der Waals surface area (Å²) < 4.78 is 10.9. The Kier molecular flexibility index (Phi) is 3.32. The standard InChI is InChI=1S/C7H14NO5P/c1-5(9)8(10)6-2-3-7(4-6)14(11,12)13/h6-7,10H,2-4H2,1H3,(H2,11,12,13)/t6-,7+/m1/s1. The van der Waals surface area contributed by atoms with Gasteiger partial charge in [-0.05, 0) is 19.3 Å². The average molecular weight is 223 g/mol. The zero-order valence-electron chi connectivity index (χ0n) is 7.83. The largest absolute Gasteiger partial charge is 0.328 e. The Morgan fingerprint density at radius 3 is 2.36 bits per heavy atom. The van der Waals surface area contributed by atoms with E-state index < -0.39 is 25.2 Å². The minimum absolute atomic E-state index is 0.167. The molecule has 7 heteroatoms. The van der Waals surface area contributed by atoms with Crippen molar-refractivity contribution in [2.24, 2.45) is 0 Å². The van der Waals surface area contributed by atoms with Gasteiger partial charge in [-0.25, -0.2) is 5.06 Å². The van der Waals surface area contributed by atoms with Crippen molar-refractivity contribution in [3.63, 3.8) is 0 Å². The summed E-state index contributed by atoms with van der Waals surface area (Å²) in [5.74, 6) is -0.499. The number of hydroxylamine groups is 2. The highest BCUT2D eigenvalue weighted by Crippen LogP contribution is 2.49. The first-order valence-electron chi connectivity index (χ1n) is 4.36. The molecular weight excluding hydrogens is 209 g/mol. The Hall–Kier alpha value is -0.420. The van der Waals surface area contributed by atoms with Crippen molar-refractivity contribution in [1.29, 1.82) is 0 Å². The monoisotopic (exact) mass is 223 g/mol. The molecule has 0 aromatic heterocycles. The molecule has 1 saturated carbocycles. The molecule has 1 aliphatic carbocycles. The average Bonchev–Trinajstić information content (AvgIpc) is 2.49. The minimum atomic E-state index is -4.07. The van der Waals surface area contributed by atoms with Crippen LogP contribution in [0.1, 0.15) is 26.2 Å². The molecule has 6 nitrogen and oxygen atoms in total. The van der Waals surface area contributed by atoms with E-state index in [2.05, 4.69) is 0 Å². The van der Waals surface area contributed by atoms with Crippen molar-refractivity contribution in [2.45, 2.75) is 37.9 Å². The number of amides is 1.